The summed E-state index contributed by atoms with van der Waals surface area (Å²) in [5.41, 5.74) is 1.45. The van der Waals surface area contributed by atoms with Crippen LogP contribution in [-0.2, 0) is 11.2 Å². The second kappa shape index (κ2) is 4.25. The Bertz CT molecular complexity index is 231. The highest BCUT2D eigenvalue weighted by Gasteiger charge is 1.98. The van der Waals surface area contributed by atoms with E-state index in [0.29, 0.717) is 20.5 Å². The van der Waals surface area contributed by atoms with E-state index in [1.165, 1.54) is 0 Å². The van der Waals surface area contributed by atoms with Gasteiger partial charge in [-0.25, -0.2) is 0 Å². The Morgan fingerprint density at radius 1 is 1.36 bits per heavy atom. The summed E-state index contributed by atoms with van der Waals surface area (Å²) in [6.45, 7) is 1.92. The molecule has 0 fully saturated rings. The molecular weight excluding hydrogens is 155 g/mol. The molecule has 1 aromatic carbocycles. The average molecular weight is 166 g/mol. The quantitative estimate of drug-likeness (QED) is 0.628. The first-order valence-corrected chi connectivity index (χ1v) is 5.07. The molecule has 1 unspecified atom stereocenters. The lowest BCUT2D eigenvalue weighted by Crippen LogP contribution is -1.93. The summed E-state index contributed by atoms with van der Waals surface area (Å²) < 4.78 is 0. The van der Waals surface area contributed by atoms with Crippen molar-refractivity contribution in [1.82, 2.24) is 0 Å². The van der Waals surface area contributed by atoms with Crippen LogP contribution in [0.5, 0.6) is 0 Å². The van der Waals surface area contributed by atoms with Gasteiger partial charge in [-0.1, -0.05) is 38.9 Å². The Balaban J connectivity index is 2.58. The molecule has 0 amide bonds. The van der Waals surface area contributed by atoms with Crippen LogP contribution in [-0.4, -0.2) is 12.2 Å². The van der Waals surface area contributed by atoms with Gasteiger partial charge in [0.1, 0.15) is 0 Å². The first kappa shape index (κ1) is 8.42. The van der Waals surface area contributed by atoms with Gasteiger partial charge in [0, 0.05) is 6.42 Å². The lowest BCUT2D eigenvalue weighted by Gasteiger charge is -1.96. The van der Waals surface area contributed by atoms with Crippen molar-refractivity contribution in [3.8, 4) is 0 Å². The number of rotatable bonds is 3. The van der Waals surface area contributed by atoms with Crippen LogP contribution in [0.4, 0.5) is 0 Å². The van der Waals surface area contributed by atoms with Crippen molar-refractivity contribution >= 4 is 14.1 Å². The van der Waals surface area contributed by atoms with Crippen molar-refractivity contribution in [3.05, 3.63) is 35.9 Å². The molecule has 0 aliphatic rings. The summed E-state index contributed by atoms with van der Waals surface area (Å²) >= 11 is 0. The molecule has 0 heterocycles. The maximum atomic E-state index is 11.0. The van der Waals surface area contributed by atoms with Crippen LogP contribution in [0, 0.1) is 0 Å². The third-order valence-corrected chi connectivity index (χ3v) is 2.22. The van der Waals surface area contributed by atoms with Gasteiger partial charge in [-0.05, 0) is 12.2 Å². The zero-order chi connectivity index (χ0) is 8.10. The second-order valence-corrected chi connectivity index (χ2v) is 3.39. The minimum Gasteiger partial charge on any atom is -0.295 e. The Hall–Kier alpha value is -0.680. The molecule has 0 saturated carbocycles. The molecule has 1 aromatic rings. The Morgan fingerprint density at radius 3 is 2.55 bits per heavy atom. The number of hydrogen-bond donors (Lipinski definition) is 0. The molecule has 0 N–H and O–H groups in total. The van der Waals surface area contributed by atoms with Gasteiger partial charge in [-0.3, -0.25) is 4.79 Å². The summed E-state index contributed by atoms with van der Waals surface area (Å²) in [7, 11) is 0.418. The molecule has 1 nitrogen and oxygen atoms in total. The zero-order valence-corrected chi connectivity index (χ0v) is 7.50. The molecule has 0 spiro atoms. The highest BCUT2D eigenvalue weighted by atomic mass is 31.1. The van der Waals surface area contributed by atoms with Crippen molar-refractivity contribution in [3.63, 3.8) is 0 Å². The topological polar surface area (TPSA) is 17.1 Å². The van der Waals surface area contributed by atoms with Crippen LogP contribution < -0.4 is 0 Å². The van der Waals surface area contributed by atoms with Gasteiger partial charge in [0.2, 0.25) is 0 Å². The van der Waals surface area contributed by atoms with Crippen LogP contribution in [0.1, 0.15) is 5.56 Å². The third-order valence-electron chi connectivity index (χ3n) is 1.49. The van der Waals surface area contributed by atoms with E-state index in [0.717, 1.165) is 5.56 Å². The molecule has 11 heavy (non-hydrogen) atoms. The smallest absolute Gasteiger partial charge is 0.155 e. The molecule has 2 heteroatoms. The number of hydrogen-bond acceptors (Lipinski definition) is 1. The van der Waals surface area contributed by atoms with Crippen molar-refractivity contribution in [2.24, 2.45) is 0 Å². The highest BCUT2D eigenvalue weighted by Crippen LogP contribution is 2.09. The number of carbonyl (C=O) groups is 1. The van der Waals surface area contributed by atoms with E-state index < -0.39 is 0 Å². The van der Waals surface area contributed by atoms with Crippen LogP contribution in [0.3, 0.4) is 0 Å². The van der Waals surface area contributed by atoms with E-state index in [2.05, 4.69) is 0 Å². The first-order valence-electron chi connectivity index (χ1n) is 3.57. The molecular formula is C9H11OP. The summed E-state index contributed by atoms with van der Waals surface area (Å²) in [5, 5.41) is 0. The monoisotopic (exact) mass is 166 g/mol. The van der Waals surface area contributed by atoms with Gasteiger partial charge in [0.15, 0.2) is 5.52 Å². The highest BCUT2D eigenvalue weighted by molar-refractivity contribution is 7.57. The minimum atomic E-state index is 0.330. The van der Waals surface area contributed by atoms with Crippen molar-refractivity contribution in [1.29, 1.82) is 0 Å². The molecule has 58 valence electrons. The fraction of sp³-hybridized carbons (Fsp3) is 0.222. The molecule has 0 aromatic heterocycles. The Labute approximate surface area is 68.6 Å². The van der Waals surface area contributed by atoms with Crippen LogP contribution in [0.25, 0.3) is 0 Å². The number of carbonyl (C=O) groups excluding carboxylic acids is 1. The molecule has 0 aliphatic heterocycles. The summed E-state index contributed by atoms with van der Waals surface area (Å²) in [6.07, 6.45) is 0.593. The predicted molar refractivity (Wildman–Crippen MR) is 49.4 cm³/mol. The number of benzene rings is 1. The predicted octanol–water partition coefficient (Wildman–Crippen LogP) is 2.06. The van der Waals surface area contributed by atoms with E-state index in [-0.39, 0.29) is 0 Å². The summed E-state index contributed by atoms with van der Waals surface area (Å²) in [4.78, 5) is 11.0. The maximum absolute atomic E-state index is 11.0. The SMILES string of the molecule is CPC(=O)Cc1ccccc1. The van der Waals surface area contributed by atoms with Crippen molar-refractivity contribution in [2.75, 3.05) is 6.66 Å². The summed E-state index contributed by atoms with van der Waals surface area (Å²) in [5.74, 6) is 0. The van der Waals surface area contributed by atoms with Crippen molar-refractivity contribution in [2.45, 2.75) is 6.42 Å². The fourth-order valence-electron chi connectivity index (χ4n) is 0.870. The van der Waals surface area contributed by atoms with E-state index in [4.69, 9.17) is 0 Å². The van der Waals surface area contributed by atoms with Crippen LogP contribution in [0.2, 0.25) is 0 Å². The minimum absolute atomic E-state index is 0.330. The molecule has 1 rings (SSSR count). The Morgan fingerprint density at radius 2 is 2.00 bits per heavy atom. The fourth-order valence-corrected chi connectivity index (χ4v) is 1.25. The molecule has 0 saturated heterocycles. The molecule has 0 radical (unpaired) electrons. The zero-order valence-electron chi connectivity index (χ0n) is 6.50. The van der Waals surface area contributed by atoms with Crippen LogP contribution in [0.15, 0.2) is 30.3 Å². The van der Waals surface area contributed by atoms with E-state index >= 15 is 0 Å². The van der Waals surface area contributed by atoms with Gasteiger partial charge in [-0.15, -0.1) is 0 Å². The first-order chi connectivity index (χ1) is 5.33. The molecule has 0 aliphatic carbocycles. The second-order valence-electron chi connectivity index (χ2n) is 2.34. The van der Waals surface area contributed by atoms with Gasteiger partial charge >= 0.3 is 0 Å². The van der Waals surface area contributed by atoms with E-state index in [1.54, 1.807) is 0 Å². The molecule has 1 atom stereocenters. The van der Waals surface area contributed by atoms with Gasteiger partial charge < -0.3 is 0 Å². The lowest BCUT2D eigenvalue weighted by molar-refractivity contribution is -0.110. The van der Waals surface area contributed by atoms with Gasteiger partial charge in [-0.2, -0.15) is 0 Å². The van der Waals surface area contributed by atoms with E-state index in [1.807, 2.05) is 37.0 Å². The Kier molecular flexibility index (Phi) is 3.25. The third kappa shape index (κ3) is 2.81. The normalized spacial score (nSPS) is 10.6. The van der Waals surface area contributed by atoms with E-state index in [9.17, 15) is 4.79 Å². The van der Waals surface area contributed by atoms with Crippen molar-refractivity contribution < 1.29 is 4.79 Å². The standard InChI is InChI=1S/C9H11OP/c1-11-9(10)7-8-5-3-2-4-6-8/h2-6,11H,7H2,1H3. The average Bonchev–Trinajstić information content (AvgIpc) is 2.06. The maximum Gasteiger partial charge on any atom is 0.155 e. The summed E-state index contributed by atoms with van der Waals surface area (Å²) in [6, 6.07) is 9.85. The van der Waals surface area contributed by atoms with Gasteiger partial charge in [0.05, 0.1) is 0 Å². The van der Waals surface area contributed by atoms with Gasteiger partial charge in [0.25, 0.3) is 0 Å². The molecule has 0 bridgehead atoms. The lowest BCUT2D eigenvalue weighted by atomic mass is 10.2. The van der Waals surface area contributed by atoms with Crippen LogP contribution >= 0.6 is 8.58 Å². The largest absolute Gasteiger partial charge is 0.295 e.